The summed E-state index contributed by atoms with van der Waals surface area (Å²) in [6.07, 6.45) is 6.10. The third kappa shape index (κ3) is 2.97. The largest absolute Gasteiger partial charge is 0.346 e. The lowest BCUT2D eigenvalue weighted by Crippen LogP contribution is -2.25. The Morgan fingerprint density at radius 3 is 2.90 bits per heavy atom. The van der Waals surface area contributed by atoms with Crippen LogP contribution in [0.25, 0.3) is 0 Å². The van der Waals surface area contributed by atoms with E-state index >= 15 is 0 Å². The topological polar surface area (TPSA) is 68.0 Å². The molecule has 2 aromatic rings. The number of imidazole rings is 1. The van der Waals surface area contributed by atoms with Crippen molar-refractivity contribution in [3.05, 3.63) is 35.7 Å². The first-order valence-electron chi connectivity index (χ1n) is 7.12. The Morgan fingerprint density at radius 2 is 2.14 bits per heavy atom. The normalized spacial score (nSPS) is 15.5. The van der Waals surface area contributed by atoms with Gasteiger partial charge in [-0.2, -0.15) is 5.10 Å². The first-order chi connectivity index (χ1) is 10.1. The monoisotopic (exact) mass is 288 g/mol. The fourth-order valence-electron chi connectivity index (χ4n) is 2.55. The Bertz CT molecular complexity index is 644. The van der Waals surface area contributed by atoms with Gasteiger partial charge < -0.3 is 14.8 Å². The maximum Gasteiger partial charge on any atom is 0.254 e. The number of hydrogen-bond donors (Lipinski definition) is 1. The highest BCUT2D eigenvalue weighted by Gasteiger charge is 2.16. The summed E-state index contributed by atoms with van der Waals surface area (Å²) in [5, 5.41) is 6.94. The van der Waals surface area contributed by atoms with Crippen LogP contribution in [-0.2, 0) is 26.6 Å². The predicted molar refractivity (Wildman–Crippen MR) is 77.8 cm³/mol. The molecule has 0 unspecified atom stereocenters. The average Bonchev–Trinajstić information content (AvgIpc) is 3.02. The van der Waals surface area contributed by atoms with Gasteiger partial charge in [0.15, 0.2) is 0 Å². The zero-order chi connectivity index (χ0) is 14.8. The second kappa shape index (κ2) is 5.69. The maximum atomic E-state index is 12.0. The zero-order valence-corrected chi connectivity index (χ0v) is 12.4. The van der Waals surface area contributed by atoms with Crippen molar-refractivity contribution in [2.75, 3.05) is 20.1 Å². The smallest absolute Gasteiger partial charge is 0.254 e. The van der Waals surface area contributed by atoms with Gasteiger partial charge in [-0.05, 0) is 7.05 Å². The number of nitrogens with zero attached hydrogens (tertiary/aromatic N) is 5. The van der Waals surface area contributed by atoms with Crippen molar-refractivity contribution >= 4 is 5.91 Å². The molecule has 0 bridgehead atoms. The number of nitrogens with one attached hydrogen (secondary N) is 1. The van der Waals surface area contributed by atoms with Crippen LogP contribution >= 0.6 is 0 Å². The van der Waals surface area contributed by atoms with Gasteiger partial charge in [0.25, 0.3) is 5.91 Å². The summed E-state index contributed by atoms with van der Waals surface area (Å²) >= 11 is 0. The van der Waals surface area contributed by atoms with Crippen molar-refractivity contribution in [1.29, 1.82) is 0 Å². The van der Waals surface area contributed by atoms with Crippen LogP contribution < -0.4 is 5.32 Å². The molecule has 112 valence electrons. The lowest BCUT2D eigenvalue weighted by Gasteiger charge is -2.12. The van der Waals surface area contributed by atoms with E-state index in [0.29, 0.717) is 12.1 Å². The van der Waals surface area contributed by atoms with E-state index in [1.807, 2.05) is 6.20 Å². The molecule has 3 rings (SSSR count). The van der Waals surface area contributed by atoms with Gasteiger partial charge in [0.1, 0.15) is 5.82 Å². The summed E-state index contributed by atoms with van der Waals surface area (Å²) in [6.45, 7) is 3.44. The summed E-state index contributed by atoms with van der Waals surface area (Å²) in [4.78, 5) is 18.8. The van der Waals surface area contributed by atoms with Crippen LogP contribution in [0.1, 0.15) is 21.9 Å². The molecule has 3 heterocycles. The minimum Gasteiger partial charge on any atom is -0.346 e. The third-order valence-electron chi connectivity index (χ3n) is 3.84. The SMILES string of the molecule is CN1CCc2ncc(CNC(=O)c3cnn(C)c3)n2CC1. The molecule has 7 heteroatoms. The summed E-state index contributed by atoms with van der Waals surface area (Å²) < 4.78 is 3.84. The minimum atomic E-state index is -0.107. The zero-order valence-electron chi connectivity index (χ0n) is 12.4. The van der Waals surface area contributed by atoms with Crippen molar-refractivity contribution in [2.45, 2.75) is 19.5 Å². The molecule has 1 aliphatic heterocycles. The number of aromatic nitrogens is 4. The molecule has 0 aliphatic carbocycles. The molecule has 0 saturated carbocycles. The van der Waals surface area contributed by atoms with Gasteiger partial charge in [0, 0.05) is 39.3 Å². The Kier molecular flexibility index (Phi) is 3.74. The van der Waals surface area contributed by atoms with Gasteiger partial charge in [-0.1, -0.05) is 0 Å². The van der Waals surface area contributed by atoms with Gasteiger partial charge in [-0.25, -0.2) is 4.98 Å². The molecule has 0 saturated heterocycles. The highest BCUT2D eigenvalue weighted by Crippen LogP contribution is 2.11. The lowest BCUT2D eigenvalue weighted by atomic mass is 10.3. The quantitative estimate of drug-likeness (QED) is 0.865. The molecule has 1 N–H and O–H groups in total. The third-order valence-corrected chi connectivity index (χ3v) is 3.84. The number of carbonyl (C=O) groups excluding carboxylic acids is 1. The number of likely N-dealkylation sites (N-methyl/N-ethyl adjacent to an activating group) is 1. The maximum absolute atomic E-state index is 12.0. The molecule has 21 heavy (non-hydrogen) atoms. The van der Waals surface area contributed by atoms with E-state index in [0.717, 1.165) is 37.6 Å². The van der Waals surface area contributed by atoms with E-state index < -0.39 is 0 Å². The van der Waals surface area contributed by atoms with E-state index in [-0.39, 0.29) is 5.91 Å². The molecule has 0 aromatic carbocycles. The number of fused-ring (bicyclic) bond motifs is 1. The van der Waals surface area contributed by atoms with Crippen LogP contribution in [-0.4, -0.2) is 50.3 Å². The molecule has 7 nitrogen and oxygen atoms in total. The fraction of sp³-hybridized carbons (Fsp3) is 0.500. The number of rotatable bonds is 3. The Balaban J connectivity index is 1.66. The molecule has 1 amide bonds. The summed E-state index contributed by atoms with van der Waals surface area (Å²) in [5.41, 5.74) is 1.63. The molecular formula is C14H20N6O. The van der Waals surface area contributed by atoms with Crippen LogP contribution in [0, 0.1) is 0 Å². The van der Waals surface area contributed by atoms with E-state index in [9.17, 15) is 4.79 Å². The van der Waals surface area contributed by atoms with Crippen LogP contribution in [0.5, 0.6) is 0 Å². The molecule has 2 aromatic heterocycles. The molecule has 0 spiro atoms. The predicted octanol–water partition coefficient (Wildman–Crippen LogP) is 0.0345. The Labute approximate surface area is 123 Å². The highest BCUT2D eigenvalue weighted by molar-refractivity contribution is 5.93. The summed E-state index contributed by atoms with van der Waals surface area (Å²) in [7, 11) is 3.92. The second-order valence-corrected chi connectivity index (χ2v) is 5.46. The number of hydrogen-bond acceptors (Lipinski definition) is 4. The first kappa shape index (κ1) is 13.8. The van der Waals surface area contributed by atoms with Crippen molar-refractivity contribution in [2.24, 2.45) is 7.05 Å². The van der Waals surface area contributed by atoms with E-state index in [2.05, 4.69) is 31.9 Å². The molecule has 1 aliphatic rings. The standard InChI is InChI=1S/C14H20N6O/c1-18-4-3-13-15-8-12(20(13)6-5-18)9-16-14(21)11-7-17-19(2)10-11/h7-8,10H,3-6,9H2,1-2H3,(H,16,21). The van der Waals surface area contributed by atoms with Gasteiger partial charge in [-0.15, -0.1) is 0 Å². The minimum absolute atomic E-state index is 0.107. The van der Waals surface area contributed by atoms with Crippen molar-refractivity contribution in [3.63, 3.8) is 0 Å². The van der Waals surface area contributed by atoms with Gasteiger partial charge >= 0.3 is 0 Å². The second-order valence-electron chi connectivity index (χ2n) is 5.46. The average molecular weight is 288 g/mol. The van der Waals surface area contributed by atoms with Gasteiger partial charge in [0.05, 0.1) is 30.2 Å². The number of aryl methyl sites for hydroxylation is 1. The van der Waals surface area contributed by atoms with Gasteiger partial charge in [0.2, 0.25) is 0 Å². The number of amides is 1. The summed E-state index contributed by atoms with van der Waals surface area (Å²) in [6, 6.07) is 0. The highest BCUT2D eigenvalue weighted by atomic mass is 16.1. The summed E-state index contributed by atoms with van der Waals surface area (Å²) in [5.74, 6) is 0.995. The molecule has 0 atom stereocenters. The van der Waals surface area contributed by atoms with E-state index in [1.165, 1.54) is 0 Å². The first-order valence-corrected chi connectivity index (χ1v) is 7.12. The van der Waals surface area contributed by atoms with Crippen LogP contribution in [0.2, 0.25) is 0 Å². The molecule has 0 fully saturated rings. The van der Waals surface area contributed by atoms with E-state index in [1.54, 1.807) is 24.1 Å². The van der Waals surface area contributed by atoms with Gasteiger partial charge in [-0.3, -0.25) is 9.48 Å². The lowest BCUT2D eigenvalue weighted by molar-refractivity contribution is 0.0950. The van der Waals surface area contributed by atoms with Crippen LogP contribution in [0.4, 0.5) is 0 Å². The van der Waals surface area contributed by atoms with Crippen molar-refractivity contribution < 1.29 is 4.79 Å². The van der Waals surface area contributed by atoms with E-state index in [4.69, 9.17) is 0 Å². The van der Waals surface area contributed by atoms with Crippen molar-refractivity contribution in [3.8, 4) is 0 Å². The number of carbonyl (C=O) groups is 1. The van der Waals surface area contributed by atoms with Crippen LogP contribution in [0.15, 0.2) is 18.6 Å². The van der Waals surface area contributed by atoms with Crippen LogP contribution in [0.3, 0.4) is 0 Å². The fourth-order valence-corrected chi connectivity index (χ4v) is 2.55. The Morgan fingerprint density at radius 1 is 1.29 bits per heavy atom. The Hall–Kier alpha value is -2.15. The molecular weight excluding hydrogens is 268 g/mol. The molecule has 0 radical (unpaired) electrons. The van der Waals surface area contributed by atoms with Crippen molar-refractivity contribution in [1.82, 2.24) is 29.5 Å².